The molecule has 0 saturated carbocycles. The number of rotatable bonds is 2. The standard InChI is InChI=1S/C14H8N2O4.2Na/c17-13-7-3-1-5-9(15-19)11(7)14(18)12-8(13)4-2-6-10(12)16-20;;/h1-6,15-16H;;/q-2;2*+1. The number of anilines is 2. The van der Waals surface area contributed by atoms with Crippen LogP contribution in [0.2, 0.25) is 0 Å². The SMILES string of the molecule is O=C1c2cccc(N[O-])c2C(=O)c2c(N[O-])cccc21.[Na+].[Na+]. The van der Waals surface area contributed by atoms with E-state index >= 15 is 0 Å². The molecular weight excluding hydrogens is 306 g/mol. The molecule has 0 aliphatic heterocycles. The first-order valence-corrected chi connectivity index (χ1v) is 5.80. The van der Waals surface area contributed by atoms with Crippen molar-refractivity contribution in [1.29, 1.82) is 0 Å². The van der Waals surface area contributed by atoms with Crippen molar-refractivity contribution in [3.63, 3.8) is 0 Å². The van der Waals surface area contributed by atoms with Crippen molar-refractivity contribution in [2.24, 2.45) is 0 Å². The van der Waals surface area contributed by atoms with E-state index in [1.54, 1.807) is 11.0 Å². The van der Waals surface area contributed by atoms with Crippen molar-refractivity contribution in [2.75, 3.05) is 11.0 Å². The summed E-state index contributed by atoms with van der Waals surface area (Å²) >= 11 is 0. The predicted molar refractivity (Wildman–Crippen MR) is 73.7 cm³/mol. The zero-order valence-corrected chi connectivity index (χ0v) is 16.1. The van der Waals surface area contributed by atoms with Crippen molar-refractivity contribution < 1.29 is 68.7 Å². The maximum absolute atomic E-state index is 12.5. The Balaban J connectivity index is 0.00000121. The molecule has 22 heavy (non-hydrogen) atoms. The number of carbonyl (C=O) groups is 2. The van der Waals surface area contributed by atoms with E-state index in [2.05, 4.69) is 0 Å². The van der Waals surface area contributed by atoms with Crippen molar-refractivity contribution >= 4 is 22.9 Å². The van der Waals surface area contributed by atoms with Crippen molar-refractivity contribution in [3.05, 3.63) is 69.1 Å². The number of ketones is 2. The van der Waals surface area contributed by atoms with Gasteiger partial charge in [0.05, 0.1) is 11.1 Å². The predicted octanol–water partition coefficient (Wildman–Crippen LogP) is -3.71. The van der Waals surface area contributed by atoms with Gasteiger partial charge in [-0.25, -0.2) is 0 Å². The van der Waals surface area contributed by atoms with Gasteiger partial charge in [0.1, 0.15) is 0 Å². The molecule has 1 aliphatic rings. The molecule has 8 heteroatoms. The van der Waals surface area contributed by atoms with Crippen LogP contribution in [0, 0.1) is 10.4 Å². The molecule has 0 saturated heterocycles. The van der Waals surface area contributed by atoms with Crippen molar-refractivity contribution in [3.8, 4) is 0 Å². The van der Waals surface area contributed by atoms with Gasteiger partial charge in [-0.2, -0.15) is 0 Å². The van der Waals surface area contributed by atoms with Crippen LogP contribution in [0.15, 0.2) is 36.4 Å². The Morgan fingerprint density at radius 2 is 1.09 bits per heavy atom. The Kier molecular flexibility index (Phi) is 6.79. The first kappa shape index (κ1) is 19.3. The van der Waals surface area contributed by atoms with Gasteiger partial charge < -0.3 is 21.4 Å². The smallest absolute Gasteiger partial charge is 0.761 e. The van der Waals surface area contributed by atoms with Crippen LogP contribution in [-0.2, 0) is 0 Å². The minimum Gasteiger partial charge on any atom is -0.761 e. The largest absolute Gasteiger partial charge is 1.00 e. The molecule has 100 valence electrons. The van der Waals surface area contributed by atoms with E-state index in [-0.39, 0.29) is 98.5 Å². The van der Waals surface area contributed by atoms with E-state index in [1.807, 2.05) is 0 Å². The summed E-state index contributed by atoms with van der Waals surface area (Å²) in [6.07, 6.45) is 0. The molecule has 2 N–H and O–H groups in total. The average Bonchev–Trinajstić information content (AvgIpc) is 2.50. The summed E-state index contributed by atoms with van der Waals surface area (Å²) in [5, 5.41) is 21.9. The molecule has 2 aromatic carbocycles. The Hall–Kier alpha value is -0.700. The topological polar surface area (TPSA) is 104 Å². The van der Waals surface area contributed by atoms with Gasteiger partial charge in [0, 0.05) is 22.5 Å². The second kappa shape index (κ2) is 7.72. The number of hydrogen-bond donors (Lipinski definition) is 2. The van der Waals surface area contributed by atoms with Crippen LogP contribution in [0.25, 0.3) is 0 Å². The molecule has 0 spiro atoms. The van der Waals surface area contributed by atoms with E-state index in [0.717, 1.165) is 0 Å². The fourth-order valence-electron chi connectivity index (χ4n) is 2.41. The van der Waals surface area contributed by atoms with E-state index in [9.17, 15) is 20.0 Å². The second-order valence-corrected chi connectivity index (χ2v) is 4.32. The first-order valence-electron chi connectivity index (χ1n) is 5.80. The van der Waals surface area contributed by atoms with Crippen LogP contribution in [0.5, 0.6) is 0 Å². The fraction of sp³-hybridized carbons (Fsp3) is 0. The first-order chi connectivity index (χ1) is 9.69. The minimum atomic E-state index is -0.521. The van der Waals surface area contributed by atoms with Crippen LogP contribution in [-0.4, -0.2) is 11.6 Å². The normalized spacial score (nSPS) is 11.5. The second-order valence-electron chi connectivity index (χ2n) is 4.32. The van der Waals surface area contributed by atoms with Crippen LogP contribution < -0.4 is 70.1 Å². The maximum atomic E-state index is 12.5. The van der Waals surface area contributed by atoms with E-state index < -0.39 is 5.78 Å². The zero-order chi connectivity index (χ0) is 14.3. The number of hydrogen-bond acceptors (Lipinski definition) is 6. The van der Waals surface area contributed by atoms with E-state index in [4.69, 9.17) is 0 Å². The van der Waals surface area contributed by atoms with E-state index in [1.165, 1.54) is 36.4 Å². The van der Waals surface area contributed by atoms with Gasteiger partial charge in [-0.1, -0.05) is 24.3 Å². The number of nitrogens with one attached hydrogen (secondary N) is 2. The molecule has 0 aromatic heterocycles. The van der Waals surface area contributed by atoms with Crippen LogP contribution >= 0.6 is 0 Å². The molecule has 0 heterocycles. The van der Waals surface area contributed by atoms with E-state index in [0.29, 0.717) is 0 Å². The third-order valence-corrected chi connectivity index (χ3v) is 3.29. The molecule has 6 nitrogen and oxygen atoms in total. The van der Waals surface area contributed by atoms with Crippen molar-refractivity contribution in [1.82, 2.24) is 0 Å². The monoisotopic (exact) mass is 314 g/mol. The summed E-state index contributed by atoms with van der Waals surface area (Å²) in [5.74, 6) is -0.906. The van der Waals surface area contributed by atoms with Crippen LogP contribution in [0.4, 0.5) is 11.4 Å². The molecule has 0 fully saturated rings. The third-order valence-electron chi connectivity index (χ3n) is 3.29. The van der Waals surface area contributed by atoms with Crippen molar-refractivity contribution in [2.45, 2.75) is 0 Å². The minimum absolute atomic E-state index is 0. The summed E-state index contributed by atoms with van der Waals surface area (Å²) in [5.41, 5.74) is 3.67. The summed E-state index contributed by atoms with van der Waals surface area (Å²) in [7, 11) is 0. The van der Waals surface area contributed by atoms with Gasteiger partial charge in [0.25, 0.3) is 0 Å². The average molecular weight is 314 g/mol. The van der Waals surface area contributed by atoms with Gasteiger partial charge >= 0.3 is 59.1 Å². The number of fused-ring (bicyclic) bond motifs is 2. The van der Waals surface area contributed by atoms with Gasteiger partial charge in [-0.15, -0.1) is 0 Å². The number of benzene rings is 2. The third kappa shape index (κ3) is 2.89. The van der Waals surface area contributed by atoms with Gasteiger partial charge in [-0.3, -0.25) is 9.59 Å². The molecule has 2 aromatic rings. The number of carbonyl (C=O) groups excluding carboxylic acids is 2. The molecule has 0 amide bonds. The Morgan fingerprint density at radius 3 is 1.45 bits per heavy atom. The van der Waals surface area contributed by atoms with Crippen LogP contribution in [0.1, 0.15) is 31.8 Å². The molecule has 1 aliphatic carbocycles. The summed E-state index contributed by atoms with van der Waals surface area (Å²) in [4.78, 5) is 24.9. The molecule has 0 unspecified atom stereocenters. The van der Waals surface area contributed by atoms with Gasteiger partial charge in [0.15, 0.2) is 11.6 Å². The Bertz CT molecular complexity index is 690. The molecule has 0 atom stereocenters. The van der Waals surface area contributed by atoms with Gasteiger partial charge in [0.2, 0.25) is 0 Å². The van der Waals surface area contributed by atoms with Crippen LogP contribution in [0.3, 0.4) is 0 Å². The summed E-state index contributed by atoms with van der Waals surface area (Å²) in [6, 6.07) is 8.83. The Morgan fingerprint density at radius 1 is 0.682 bits per heavy atom. The molecule has 3 rings (SSSR count). The Labute approximate surface area is 170 Å². The molecule has 0 radical (unpaired) electrons. The maximum Gasteiger partial charge on any atom is 1.00 e. The zero-order valence-electron chi connectivity index (χ0n) is 12.1. The molecular formula is C14H8N2Na2O4. The summed E-state index contributed by atoms with van der Waals surface area (Å²) in [6.45, 7) is 0. The fourth-order valence-corrected chi connectivity index (χ4v) is 2.41. The quantitative estimate of drug-likeness (QED) is 0.372. The summed E-state index contributed by atoms with van der Waals surface area (Å²) < 4.78 is 0. The van der Waals surface area contributed by atoms with Gasteiger partial charge in [-0.05, 0) is 12.1 Å². The molecule has 0 bridgehead atoms.